The molecule has 1 saturated carbocycles. The third kappa shape index (κ3) is 4.08. The van der Waals surface area contributed by atoms with E-state index in [2.05, 4.69) is 17.4 Å². The highest BCUT2D eigenvalue weighted by atomic mass is 16.5. The van der Waals surface area contributed by atoms with E-state index in [0.717, 1.165) is 17.1 Å². The summed E-state index contributed by atoms with van der Waals surface area (Å²) in [5, 5.41) is 14.0. The predicted octanol–water partition coefficient (Wildman–Crippen LogP) is 3.48. The maximum atomic E-state index is 10.5. The van der Waals surface area contributed by atoms with E-state index in [9.17, 15) is 5.11 Å². The number of rotatable bonds is 8. The van der Waals surface area contributed by atoms with Gasteiger partial charge in [0.25, 0.3) is 0 Å². The molecule has 0 aromatic heterocycles. The van der Waals surface area contributed by atoms with Crippen LogP contribution in [-0.4, -0.2) is 25.9 Å². The summed E-state index contributed by atoms with van der Waals surface area (Å²) >= 11 is 0. The summed E-state index contributed by atoms with van der Waals surface area (Å²) in [7, 11) is 3.31. The molecule has 1 aliphatic carbocycles. The van der Waals surface area contributed by atoms with Gasteiger partial charge in [-0.25, -0.2) is 0 Å². The Morgan fingerprint density at radius 3 is 2.33 bits per heavy atom. The second-order valence-electron chi connectivity index (χ2n) is 6.29. The van der Waals surface area contributed by atoms with Crippen LogP contribution in [0.1, 0.15) is 36.1 Å². The van der Waals surface area contributed by atoms with Crippen LogP contribution in [0.15, 0.2) is 48.5 Å². The Hall–Kier alpha value is -2.04. The van der Waals surface area contributed by atoms with Crippen LogP contribution >= 0.6 is 0 Å². The molecule has 0 heterocycles. The zero-order valence-electron chi connectivity index (χ0n) is 14.2. The molecule has 2 unspecified atom stereocenters. The van der Waals surface area contributed by atoms with Gasteiger partial charge in [0.05, 0.1) is 20.3 Å². The highest BCUT2D eigenvalue weighted by molar-refractivity contribution is 5.31. The molecule has 0 radical (unpaired) electrons. The van der Waals surface area contributed by atoms with Gasteiger partial charge in [-0.2, -0.15) is 0 Å². The van der Waals surface area contributed by atoms with Gasteiger partial charge in [-0.15, -0.1) is 0 Å². The van der Waals surface area contributed by atoms with Gasteiger partial charge in [0, 0.05) is 12.6 Å². The summed E-state index contributed by atoms with van der Waals surface area (Å²) in [5.41, 5.74) is 2.11. The van der Waals surface area contributed by atoms with Crippen LogP contribution in [0.4, 0.5) is 0 Å². The SMILES string of the molecule is COc1ccc(C(NCC(O)c2cccc(OC)c2)C2CC2)cc1. The fraction of sp³-hybridized carbons (Fsp3) is 0.400. The first kappa shape index (κ1) is 16.8. The summed E-state index contributed by atoms with van der Waals surface area (Å²) in [6.07, 6.45) is 1.91. The Morgan fingerprint density at radius 1 is 1.00 bits per heavy atom. The minimum Gasteiger partial charge on any atom is -0.497 e. The van der Waals surface area contributed by atoms with Gasteiger partial charge in [-0.05, 0) is 54.2 Å². The first-order valence-corrected chi connectivity index (χ1v) is 8.40. The van der Waals surface area contributed by atoms with Crippen LogP contribution < -0.4 is 14.8 Å². The summed E-state index contributed by atoms with van der Waals surface area (Å²) in [6, 6.07) is 16.1. The van der Waals surface area contributed by atoms with Crippen LogP contribution in [0.25, 0.3) is 0 Å². The number of methoxy groups -OCH3 is 2. The lowest BCUT2D eigenvalue weighted by Crippen LogP contribution is -2.28. The van der Waals surface area contributed by atoms with Crippen molar-refractivity contribution in [1.29, 1.82) is 0 Å². The number of hydrogen-bond acceptors (Lipinski definition) is 4. The number of hydrogen-bond donors (Lipinski definition) is 2. The average molecular weight is 327 g/mol. The van der Waals surface area contributed by atoms with Gasteiger partial charge < -0.3 is 19.9 Å². The predicted molar refractivity (Wildman–Crippen MR) is 94.4 cm³/mol. The lowest BCUT2D eigenvalue weighted by atomic mass is 10.0. The Balaban J connectivity index is 1.65. The summed E-state index contributed by atoms with van der Waals surface area (Å²) in [6.45, 7) is 0.514. The first-order chi connectivity index (χ1) is 11.7. The van der Waals surface area contributed by atoms with E-state index in [0.29, 0.717) is 12.5 Å². The molecule has 0 saturated heterocycles. The molecule has 128 valence electrons. The van der Waals surface area contributed by atoms with E-state index in [1.165, 1.54) is 18.4 Å². The fourth-order valence-electron chi connectivity index (χ4n) is 3.00. The second-order valence-corrected chi connectivity index (χ2v) is 6.29. The minimum atomic E-state index is -0.556. The van der Waals surface area contributed by atoms with Crippen molar-refractivity contribution in [3.8, 4) is 11.5 Å². The highest BCUT2D eigenvalue weighted by Gasteiger charge is 2.32. The van der Waals surface area contributed by atoms with Crippen molar-refractivity contribution in [1.82, 2.24) is 5.32 Å². The normalized spacial score (nSPS) is 16.5. The van der Waals surface area contributed by atoms with Crippen molar-refractivity contribution >= 4 is 0 Å². The second kappa shape index (κ2) is 7.69. The van der Waals surface area contributed by atoms with E-state index >= 15 is 0 Å². The van der Waals surface area contributed by atoms with E-state index < -0.39 is 6.10 Å². The van der Waals surface area contributed by atoms with E-state index in [1.807, 2.05) is 36.4 Å². The summed E-state index contributed by atoms with van der Waals surface area (Å²) in [4.78, 5) is 0. The Morgan fingerprint density at radius 2 is 1.71 bits per heavy atom. The molecule has 0 spiro atoms. The van der Waals surface area contributed by atoms with E-state index in [-0.39, 0.29) is 6.04 Å². The minimum absolute atomic E-state index is 0.274. The lowest BCUT2D eigenvalue weighted by molar-refractivity contribution is 0.167. The van der Waals surface area contributed by atoms with E-state index in [4.69, 9.17) is 9.47 Å². The number of aliphatic hydroxyl groups is 1. The molecule has 3 rings (SSSR count). The third-order valence-corrected chi connectivity index (χ3v) is 4.58. The molecule has 1 aliphatic rings. The molecule has 2 aromatic carbocycles. The Bertz CT molecular complexity index is 652. The van der Waals surface area contributed by atoms with Crippen LogP contribution in [0.2, 0.25) is 0 Å². The Kier molecular flexibility index (Phi) is 5.38. The molecule has 0 amide bonds. The van der Waals surface area contributed by atoms with Crippen LogP contribution in [0.3, 0.4) is 0 Å². The van der Waals surface area contributed by atoms with E-state index in [1.54, 1.807) is 14.2 Å². The number of aliphatic hydroxyl groups excluding tert-OH is 1. The molecule has 0 bridgehead atoms. The molecule has 1 fully saturated rings. The van der Waals surface area contributed by atoms with Crippen LogP contribution in [0.5, 0.6) is 11.5 Å². The maximum Gasteiger partial charge on any atom is 0.119 e. The van der Waals surface area contributed by atoms with Gasteiger partial charge in [0.2, 0.25) is 0 Å². The van der Waals surface area contributed by atoms with Crippen molar-refractivity contribution in [2.45, 2.75) is 25.0 Å². The van der Waals surface area contributed by atoms with Crippen molar-refractivity contribution in [3.05, 3.63) is 59.7 Å². The Labute approximate surface area is 143 Å². The van der Waals surface area contributed by atoms with Gasteiger partial charge >= 0.3 is 0 Å². The van der Waals surface area contributed by atoms with Crippen molar-refractivity contribution in [3.63, 3.8) is 0 Å². The molecule has 2 N–H and O–H groups in total. The summed E-state index contributed by atoms with van der Waals surface area (Å²) in [5.74, 6) is 2.28. The van der Waals surface area contributed by atoms with Crippen molar-refractivity contribution in [2.75, 3.05) is 20.8 Å². The van der Waals surface area contributed by atoms with Gasteiger partial charge in [-0.1, -0.05) is 24.3 Å². The standard InChI is InChI=1S/C20H25NO3/c1-23-17-10-8-15(9-11-17)20(14-6-7-14)21-13-19(22)16-4-3-5-18(12-16)24-2/h3-5,8-12,14,19-22H,6-7,13H2,1-2H3. The maximum absolute atomic E-state index is 10.5. The number of ether oxygens (including phenoxy) is 2. The zero-order chi connectivity index (χ0) is 16.9. The number of nitrogens with one attached hydrogen (secondary N) is 1. The van der Waals surface area contributed by atoms with Crippen LogP contribution in [0, 0.1) is 5.92 Å². The van der Waals surface area contributed by atoms with Gasteiger partial charge in [0.15, 0.2) is 0 Å². The number of benzene rings is 2. The summed E-state index contributed by atoms with van der Waals surface area (Å²) < 4.78 is 10.5. The topological polar surface area (TPSA) is 50.7 Å². The largest absolute Gasteiger partial charge is 0.497 e. The highest BCUT2D eigenvalue weighted by Crippen LogP contribution is 2.41. The quantitative estimate of drug-likeness (QED) is 0.779. The molecular weight excluding hydrogens is 302 g/mol. The molecule has 2 aromatic rings. The van der Waals surface area contributed by atoms with Gasteiger partial charge in [0.1, 0.15) is 11.5 Å². The molecule has 24 heavy (non-hydrogen) atoms. The monoisotopic (exact) mass is 327 g/mol. The molecule has 4 heteroatoms. The molecule has 0 aliphatic heterocycles. The average Bonchev–Trinajstić information content (AvgIpc) is 3.47. The third-order valence-electron chi connectivity index (χ3n) is 4.58. The lowest BCUT2D eigenvalue weighted by Gasteiger charge is -2.21. The van der Waals surface area contributed by atoms with Crippen LogP contribution in [-0.2, 0) is 0 Å². The smallest absolute Gasteiger partial charge is 0.119 e. The zero-order valence-corrected chi connectivity index (χ0v) is 14.2. The first-order valence-electron chi connectivity index (χ1n) is 8.40. The molecule has 2 atom stereocenters. The van der Waals surface area contributed by atoms with Crippen molar-refractivity contribution < 1.29 is 14.6 Å². The molecule has 4 nitrogen and oxygen atoms in total. The van der Waals surface area contributed by atoms with Crippen molar-refractivity contribution in [2.24, 2.45) is 5.92 Å². The molecular formula is C20H25NO3. The van der Waals surface area contributed by atoms with Gasteiger partial charge in [-0.3, -0.25) is 0 Å². The fourth-order valence-corrected chi connectivity index (χ4v) is 3.00.